The van der Waals surface area contributed by atoms with E-state index in [1.807, 2.05) is 37.3 Å². The Kier molecular flexibility index (Phi) is 5.14. The van der Waals surface area contributed by atoms with E-state index in [0.717, 1.165) is 5.56 Å². The summed E-state index contributed by atoms with van der Waals surface area (Å²) in [6, 6.07) is 10.7. The van der Waals surface area contributed by atoms with E-state index in [2.05, 4.69) is 20.6 Å². The molecule has 0 saturated carbocycles. The van der Waals surface area contributed by atoms with Crippen LogP contribution in [-0.2, 0) is 0 Å². The predicted molar refractivity (Wildman–Crippen MR) is 92.3 cm³/mol. The van der Waals surface area contributed by atoms with Gasteiger partial charge in [-0.2, -0.15) is 0 Å². The lowest BCUT2D eigenvalue weighted by molar-refractivity contribution is 0.249. The second-order valence-electron chi connectivity index (χ2n) is 5.00. The van der Waals surface area contributed by atoms with Crippen LogP contribution in [0.1, 0.15) is 24.1 Å². The maximum Gasteiger partial charge on any atom is 0.320 e. The lowest BCUT2D eigenvalue weighted by Crippen LogP contribution is -2.31. The van der Waals surface area contributed by atoms with Crippen LogP contribution in [0.2, 0.25) is 0 Å². The molecule has 1 heterocycles. The van der Waals surface area contributed by atoms with E-state index < -0.39 is 0 Å². The van der Waals surface area contributed by atoms with Crippen molar-refractivity contribution in [1.29, 1.82) is 0 Å². The number of aromatic nitrogens is 1. The summed E-state index contributed by atoms with van der Waals surface area (Å²) in [5, 5.41) is 5.48. The molecule has 1 aromatic heterocycles. The third-order valence-electron chi connectivity index (χ3n) is 3.34. The molecule has 7 heteroatoms. The fourth-order valence-corrected chi connectivity index (χ4v) is 2.05. The summed E-state index contributed by atoms with van der Waals surface area (Å²) in [6.45, 7) is 1.90. The molecule has 2 rings (SSSR count). The number of hydrogen-bond donors (Lipinski definition) is 4. The quantitative estimate of drug-likeness (QED) is 0.509. The Morgan fingerprint density at radius 2 is 2.00 bits per heavy atom. The van der Waals surface area contributed by atoms with E-state index in [4.69, 9.17) is 11.5 Å². The minimum atomic E-state index is -0.363. The lowest BCUT2D eigenvalue weighted by Gasteiger charge is -2.15. The van der Waals surface area contributed by atoms with Gasteiger partial charge in [-0.05, 0) is 12.5 Å². The molecule has 23 heavy (non-hydrogen) atoms. The molecule has 0 spiro atoms. The van der Waals surface area contributed by atoms with Gasteiger partial charge in [0.1, 0.15) is 11.7 Å². The van der Waals surface area contributed by atoms with Crippen molar-refractivity contribution in [3.05, 3.63) is 53.7 Å². The second kappa shape index (κ2) is 7.26. The number of nitrogen functional groups attached to an aromatic ring is 1. The summed E-state index contributed by atoms with van der Waals surface area (Å²) in [4.78, 5) is 20.0. The first kappa shape index (κ1) is 16.3. The van der Waals surface area contributed by atoms with Crippen molar-refractivity contribution in [3.63, 3.8) is 0 Å². The standard InChI is InChI=1S/C16H20N6O/c1-10(11-6-4-3-5-7-11)21-16(23)22-14-8-13(17)12(9-20-14)15(18)19-2/h3-10H,1-2H3,(H2,18,19)(H4,17,20,21,22,23)/t10-/m1/s1. The third kappa shape index (κ3) is 4.19. The fraction of sp³-hybridized carbons (Fsp3) is 0.188. The Balaban J connectivity index is 2.02. The van der Waals surface area contributed by atoms with E-state index >= 15 is 0 Å². The minimum Gasteiger partial charge on any atom is -0.398 e. The number of pyridine rings is 1. The Morgan fingerprint density at radius 3 is 2.61 bits per heavy atom. The first-order valence-corrected chi connectivity index (χ1v) is 7.12. The molecule has 1 atom stereocenters. The van der Waals surface area contributed by atoms with Crippen LogP contribution in [-0.4, -0.2) is 23.9 Å². The highest BCUT2D eigenvalue weighted by Crippen LogP contribution is 2.15. The number of hydrogen-bond acceptors (Lipinski definition) is 4. The molecule has 1 aromatic carbocycles. The second-order valence-corrected chi connectivity index (χ2v) is 5.00. The molecule has 0 bridgehead atoms. The summed E-state index contributed by atoms with van der Waals surface area (Å²) in [6.07, 6.45) is 1.48. The zero-order valence-electron chi connectivity index (χ0n) is 13.1. The molecule has 7 nitrogen and oxygen atoms in total. The maximum absolute atomic E-state index is 12.0. The number of benzene rings is 1. The molecule has 6 N–H and O–H groups in total. The van der Waals surface area contributed by atoms with E-state index in [1.165, 1.54) is 6.20 Å². The van der Waals surface area contributed by atoms with Gasteiger partial charge < -0.3 is 16.8 Å². The van der Waals surface area contributed by atoms with Crippen molar-refractivity contribution < 1.29 is 4.79 Å². The highest BCUT2D eigenvalue weighted by atomic mass is 16.2. The Labute approximate surface area is 134 Å². The van der Waals surface area contributed by atoms with Gasteiger partial charge in [0, 0.05) is 25.0 Å². The van der Waals surface area contributed by atoms with Crippen molar-refractivity contribution in [2.45, 2.75) is 13.0 Å². The van der Waals surface area contributed by atoms with Crippen LogP contribution in [0.4, 0.5) is 16.3 Å². The Bertz CT molecular complexity index is 714. The number of nitrogens with zero attached hydrogens (tertiary/aromatic N) is 2. The van der Waals surface area contributed by atoms with Crippen molar-refractivity contribution in [3.8, 4) is 0 Å². The van der Waals surface area contributed by atoms with Gasteiger partial charge in [0.15, 0.2) is 0 Å². The summed E-state index contributed by atoms with van der Waals surface area (Å²) in [5.41, 5.74) is 13.5. The molecule has 2 aromatic rings. The smallest absolute Gasteiger partial charge is 0.320 e. The zero-order chi connectivity index (χ0) is 16.8. The molecule has 0 aliphatic rings. The number of anilines is 2. The number of amidine groups is 1. The average molecular weight is 312 g/mol. The summed E-state index contributed by atoms with van der Waals surface area (Å²) in [5.74, 6) is 0.636. The van der Waals surface area contributed by atoms with Crippen LogP contribution < -0.4 is 22.1 Å². The number of aliphatic imine (C=N–C) groups is 1. The molecular weight excluding hydrogens is 292 g/mol. The molecule has 0 aliphatic carbocycles. The van der Waals surface area contributed by atoms with Crippen molar-refractivity contribution in [2.75, 3.05) is 18.1 Å². The van der Waals surface area contributed by atoms with Gasteiger partial charge in [0.2, 0.25) is 0 Å². The number of nitrogens with one attached hydrogen (secondary N) is 2. The SMILES string of the molecule is CN=C(N)c1cnc(NC(=O)N[C@H](C)c2ccccc2)cc1N. The molecule has 0 fully saturated rings. The van der Waals surface area contributed by atoms with Crippen LogP contribution in [0.3, 0.4) is 0 Å². The summed E-state index contributed by atoms with van der Waals surface area (Å²) >= 11 is 0. The van der Waals surface area contributed by atoms with Crippen LogP contribution in [0.5, 0.6) is 0 Å². The van der Waals surface area contributed by atoms with Crippen LogP contribution >= 0.6 is 0 Å². The van der Waals surface area contributed by atoms with Gasteiger partial charge in [-0.15, -0.1) is 0 Å². The average Bonchev–Trinajstić information content (AvgIpc) is 2.55. The first-order valence-electron chi connectivity index (χ1n) is 7.12. The number of carbonyl (C=O) groups is 1. The van der Waals surface area contributed by atoms with Crippen LogP contribution in [0.25, 0.3) is 0 Å². The van der Waals surface area contributed by atoms with Crippen molar-refractivity contribution >= 4 is 23.4 Å². The molecule has 0 radical (unpaired) electrons. The highest BCUT2D eigenvalue weighted by Gasteiger charge is 2.11. The van der Waals surface area contributed by atoms with Crippen molar-refractivity contribution in [1.82, 2.24) is 10.3 Å². The minimum absolute atomic E-state index is 0.129. The highest BCUT2D eigenvalue weighted by molar-refractivity contribution is 6.02. The summed E-state index contributed by atoms with van der Waals surface area (Å²) < 4.78 is 0. The van der Waals surface area contributed by atoms with Crippen LogP contribution in [0.15, 0.2) is 47.6 Å². The van der Waals surface area contributed by atoms with E-state index in [1.54, 1.807) is 13.1 Å². The molecule has 0 saturated heterocycles. The molecule has 2 amide bonds. The number of urea groups is 1. The monoisotopic (exact) mass is 312 g/mol. The number of carbonyl (C=O) groups excluding carboxylic acids is 1. The van der Waals surface area contributed by atoms with Crippen LogP contribution in [0, 0.1) is 0 Å². The first-order chi connectivity index (χ1) is 11.0. The van der Waals surface area contributed by atoms with E-state index in [9.17, 15) is 4.79 Å². The van der Waals surface area contributed by atoms with E-state index in [-0.39, 0.29) is 12.1 Å². The normalized spacial score (nSPS) is 12.5. The Morgan fingerprint density at radius 1 is 1.30 bits per heavy atom. The third-order valence-corrected chi connectivity index (χ3v) is 3.34. The molecular formula is C16H20N6O. The fourth-order valence-electron chi connectivity index (χ4n) is 2.05. The van der Waals surface area contributed by atoms with Gasteiger partial charge in [-0.1, -0.05) is 30.3 Å². The summed E-state index contributed by atoms with van der Waals surface area (Å²) in [7, 11) is 1.57. The predicted octanol–water partition coefficient (Wildman–Crippen LogP) is 1.88. The van der Waals surface area contributed by atoms with Crippen molar-refractivity contribution in [2.24, 2.45) is 10.7 Å². The van der Waals surface area contributed by atoms with Gasteiger partial charge in [-0.25, -0.2) is 9.78 Å². The topological polar surface area (TPSA) is 118 Å². The number of rotatable bonds is 4. The van der Waals surface area contributed by atoms with Gasteiger partial charge in [-0.3, -0.25) is 10.3 Å². The zero-order valence-corrected chi connectivity index (χ0v) is 13.1. The van der Waals surface area contributed by atoms with E-state index in [0.29, 0.717) is 22.9 Å². The largest absolute Gasteiger partial charge is 0.398 e. The lowest BCUT2D eigenvalue weighted by atomic mass is 10.1. The maximum atomic E-state index is 12.0. The van der Waals surface area contributed by atoms with Gasteiger partial charge in [0.25, 0.3) is 0 Å². The molecule has 0 aliphatic heterocycles. The number of nitrogens with two attached hydrogens (primary N) is 2. The van der Waals surface area contributed by atoms with Gasteiger partial charge >= 0.3 is 6.03 Å². The molecule has 0 unspecified atom stereocenters. The molecule has 120 valence electrons. The number of amides is 2. The Hall–Kier alpha value is -3.09. The van der Waals surface area contributed by atoms with Gasteiger partial charge in [0.05, 0.1) is 11.6 Å².